The van der Waals surface area contributed by atoms with Gasteiger partial charge >= 0.3 is 11.8 Å². The van der Waals surface area contributed by atoms with Gasteiger partial charge in [0, 0.05) is 45.4 Å². The average Bonchev–Trinajstić information content (AvgIpc) is 3.10. The van der Waals surface area contributed by atoms with E-state index in [4.69, 9.17) is 9.47 Å². The molecule has 1 aromatic carbocycles. The van der Waals surface area contributed by atoms with E-state index in [1.54, 1.807) is 11.6 Å². The minimum Gasteiger partial charge on any atom is -0.444 e. The van der Waals surface area contributed by atoms with Gasteiger partial charge in [0.15, 0.2) is 0 Å². The maximum Gasteiger partial charge on any atom is 0.407 e. The fraction of sp³-hybridized carbons (Fsp3) is 0.630. The number of imide groups is 1. The molecule has 2 aromatic rings. The fourth-order valence-electron chi connectivity index (χ4n) is 5.04. The highest BCUT2D eigenvalue weighted by molar-refractivity contribution is 6.00. The van der Waals surface area contributed by atoms with Crippen LogP contribution in [0.5, 0.6) is 0 Å². The smallest absolute Gasteiger partial charge is 0.407 e. The molecular formula is C27H39N5O6. The van der Waals surface area contributed by atoms with Crippen LogP contribution in [0, 0.1) is 0 Å². The number of piperidine rings is 2. The van der Waals surface area contributed by atoms with Crippen LogP contribution in [0.3, 0.4) is 0 Å². The molecule has 1 unspecified atom stereocenters. The minimum atomic E-state index is -0.685. The molecule has 208 valence electrons. The van der Waals surface area contributed by atoms with E-state index in [2.05, 4.69) is 15.5 Å². The first-order valence-corrected chi connectivity index (χ1v) is 13.4. The van der Waals surface area contributed by atoms with Gasteiger partial charge in [0.05, 0.1) is 17.1 Å². The van der Waals surface area contributed by atoms with E-state index < -0.39 is 23.6 Å². The van der Waals surface area contributed by atoms with Crippen molar-refractivity contribution in [2.45, 2.75) is 77.0 Å². The van der Waals surface area contributed by atoms with E-state index in [-0.39, 0.29) is 24.1 Å². The zero-order chi connectivity index (χ0) is 27.4. The van der Waals surface area contributed by atoms with Gasteiger partial charge in [-0.25, -0.2) is 9.59 Å². The second-order valence-electron chi connectivity index (χ2n) is 11.0. The lowest BCUT2D eigenvalue weighted by Crippen LogP contribution is -2.44. The summed E-state index contributed by atoms with van der Waals surface area (Å²) in [5, 5.41) is 5.11. The third kappa shape index (κ3) is 6.56. The molecule has 0 aliphatic carbocycles. The molecule has 11 nitrogen and oxygen atoms in total. The zero-order valence-electron chi connectivity index (χ0n) is 22.7. The SMILES string of the molecule is Cn1c(=O)n(C2CCC(=O)NC2=O)c2ccc(N3CCC(OCCCCNC(=O)OC(C)(C)C)CC3)cc21. The lowest BCUT2D eigenvalue weighted by molar-refractivity contribution is -0.135. The average molecular weight is 530 g/mol. The number of aryl methyl sites for hydroxylation is 1. The van der Waals surface area contributed by atoms with Crippen molar-refractivity contribution in [2.75, 3.05) is 31.1 Å². The molecule has 3 amide bonds. The fourth-order valence-corrected chi connectivity index (χ4v) is 5.04. The van der Waals surface area contributed by atoms with Gasteiger partial charge in [-0.1, -0.05) is 0 Å². The summed E-state index contributed by atoms with van der Waals surface area (Å²) in [6, 6.07) is 5.20. The van der Waals surface area contributed by atoms with Gasteiger partial charge in [-0.15, -0.1) is 0 Å². The molecule has 1 aromatic heterocycles. The number of hydrogen-bond donors (Lipinski definition) is 2. The summed E-state index contributed by atoms with van der Waals surface area (Å²) in [5.74, 6) is -0.731. The van der Waals surface area contributed by atoms with Crippen molar-refractivity contribution in [3.05, 3.63) is 28.7 Å². The Bertz CT molecular complexity index is 1240. The van der Waals surface area contributed by atoms with Crippen molar-refractivity contribution >= 4 is 34.6 Å². The number of benzene rings is 1. The molecule has 2 fully saturated rings. The third-order valence-corrected chi connectivity index (χ3v) is 6.99. The second kappa shape index (κ2) is 11.6. The number of imidazole rings is 1. The summed E-state index contributed by atoms with van der Waals surface area (Å²) in [6.07, 6.45) is 3.86. The molecule has 0 radical (unpaired) electrons. The first-order valence-electron chi connectivity index (χ1n) is 13.4. The summed E-state index contributed by atoms with van der Waals surface area (Å²) in [7, 11) is 1.71. The Morgan fingerprint density at radius 1 is 1.08 bits per heavy atom. The summed E-state index contributed by atoms with van der Waals surface area (Å²) in [4.78, 5) is 50.9. The van der Waals surface area contributed by atoms with Crippen molar-refractivity contribution in [1.82, 2.24) is 19.8 Å². The Balaban J connectivity index is 1.26. The third-order valence-electron chi connectivity index (χ3n) is 6.99. The molecular weight excluding hydrogens is 490 g/mol. The van der Waals surface area contributed by atoms with Gasteiger partial charge in [-0.2, -0.15) is 0 Å². The van der Waals surface area contributed by atoms with E-state index in [1.807, 2.05) is 39.0 Å². The standard InChI is InChI=1S/C27H39N5O6/c1-27(2,3)38-25(35)28-13-5-6-16-37-19-11-14-31(15-12-19)18-7-8-20-22(17-18)30(4)26(36)32(20)21-9-10-23(33)29-24(21)34/h7-8,17,19,21H,5-6,9-16H2,1-4H3,(H,28,35)(H,29,33,34). The van der Waals surface area contributed by atoms with Crippen molar-refractivity contribution in [3.8, 4) is 0 Å². The lowest BCUT2D eigenvalue weighted by atomic mass is 10.1. The van der Waals surface area contributed by atoms with Gasteiger partial charge in [0.2, 0.25) is 11.8 Å². The van der Waals surface area contributed by atoms with Gasteiger partial charge in [-0.3, -0.25) is 24.0 Å². The molecule has 4 rings (SSSR count). The number of carbonyl (C=O) groups is 3. The highest BCUT2D eigenvalue weighted by Gasteiger charge is 2.31. The van der Waals surface area contributed by atoms with Crippen LogP contribution in [0.15, 0.2) is 23.0 Å². The first kappa shape index (κ1) is 27.7. The minimum absolute atomic E-state index is 0.201. The number of ether oxygens (including phenoxy) is 2. The summed E-state index contributed by atoms with van der Waals surface area (Å²) in [5.41, 5.74) is 1.72. The van der Waals surface area contributed by atoms with Gasteiger partial charge in [0.25, 0.3) is 0 Å². The monoisotopic (exact) mass is 529 g/mol. The molecule has 0 saturated carbocycles. The Morgan fingerprint density at radius 3 is 2.50 bits per heavy atom. The lowest BCUT2D eigenvalue weighted by Gasteiger charge is -2.33. The summed E-state index contributed by atoms with van der Waals surface area (Å²) < 4.78 is 14.4. The number of carbonyl (C=O) groups excluding carboxylic acids is 3. The number of nitrogens with zero attached hydrogens (tertiary/aromatic N) is 3. The molecule has 2 saturated heterocycles. The van der Waals surface area contributed by atoms with E-state index in [0.29, 0.717) is 25.1 Å². The molecule has 3 heterocycles. The maximum absolute atomic E-state index is 13.0. The van der Waals surface area contributed by atoms with Crippen LogP contribution in [0.4, 0.5) is 10.5 Å². The number of aromatic nitrogens is 2. The van der Waals surface area contributed by atoms with Crippen molar-refractivity contribution < 1.29 is 23.9 Å². The normalized spacial score (nSPS) is 19.1. The quantitative estimate of drug-likeness (QED) is 0.398. The molecule has 2 aliphatic heterocycles. The Labute approximate surface area is 222 Å². The number of anilines is 1. The van der Waals surface area contributed by atoms with Gasteiger partial charge < -0.3 is 19.7 Å². The number of fused-ring (bicyclic) bond motifs is 1. The second-order valence-corrected chi connectivity index (χ2v) is 11.0. The van der Waals surface area contributed by atoms with Crippen LogP contribution in [0.2, 0.25) is 0 Å². The number of hydrogen-bond acceptors (Lipinski definition) is 7. The Hall–Kier alpha value is -3.34. The number of alkyl carbamates (subject to hydrolysis) is 1. The number of nitrogens with one attached hydrogen (secondary N) is 2. The number of unbranched alkanes of at least 4 members (excludes halogenated alkanes) is 1. The van der Waals surface area contributed by atoms with Crippen LogP contribution in [0.25, 0.3) is 11.0 Å². The molecule has 38 heavy (non-hydrogen) atoms. The van der Waals surface area contributed by atoms with Crippen LogP contribution in [0.1, 0.15) is 65.3 Å². The maximum atomic E-state index is 13.0. The number of amides is 3. The van der Waals surface area contributed by atoms with Gasteiger partial charge in [-0.05, 0) is 71.1 Å². The first-order chi connectivity index (χ1) is 18.0. The highest BCUT2D eigenvalue weighted by Crippen LogP contribution is 2.28. The van der Waals surface area contributed by atoms with Crippen LogP contribution in [-0.2, 0) is 26.1 Å². The number of rotatable bonds is 8. The van der Waals surface area contributed by atoms with Crippen LogP contribution < -0.4 is 21.2 Å². The summed E-state index contributed by atoms with van der Waals surface area (Å²) in [6.45, 7) is 8.43. The van der Waals surface area contributed by atoms with E-state index in [9.17, 15) is 19.2 Å². The highest BCUT2D eigenvalue weighted by atomic mass is 16.6. The molecule has 1 atom stereocenters. The molecule has 2 aliphatic rings. The molecule has 2 N–H and O–H groups in total. The van der Waals surface area contributed by atoms with E-state index in [1.165, 1.54) is 4.57 Å². The Kier molecular flexibility index (Phi) is 8.44. The van der Waals surface area contributed by atoms with Crippen molar-refractivity contribution in [2.24, 2.45) is 7.05 Å². The van der Waals surface area contributed by atoms with Crippen LogP contribution in [-0.4, -0.2) is 65.0 Å². The molecule has 0 spiro atoms. The topological polar surface area (TPSA) is 124 Å². The molecule has 11 heteroatoms. The largest absolute Gasteiger partial charge is 0.444 e. The molecule has 0 bridgehead atoms. The van der Waals surface area contributed by atoms with Crippen molar-refractivity contribution in [3.63, 3.8) is 0 Å². The van der Waals surface area contributed by atoms with E-state index in [0.717, 1.165) is 50.0 Å². The predicted octanol–water partition coefficient (Wildman–Crippen LogP) is 2.61. The van der Waals surface area contributed by atoms with Gasteiger partial charge in [0.1, 0.15) is 11.6 Å². The zero-order valence-corrected chi connectivity index (χ0v) is 22.7. The van der Waals surface area contributed by atoms with Crippen molar-refractivity contribution in [1.29, 1.82) is 0 Å². The van der Waals surface area contributed by atoms with Crippen LogP contribution >= 0.6 is 0 Å². The predicted molar refractivity (Wildman–Crippen MR) is 143 cm³/mol. The Morgan fingerprint density at radius 2 is 1.82 bits per heavy atom. The van der Waals surface area contributed by atoms with E-state index >= 15 is 0 Å². The summed E-state index contributed by atoms with van der Waals surface area (Å²) >= 11 is 0.